The summed E-state index contributed by atoms with van der Waals surface area (Å²) >= 11 is 7.43. The molecule has 0 spiro atoms. The maximum Gasteiger partial charge on any atom is 0.237 e. The van der Waals surface area contributed by atoms with Crippen LogP contribution in [0.15, 0.2) is 53.4 Å². The molecule has 1 N–H and O–H groups in total. The van der Waals surface area contributed by atoms with E-state index < -0.39 is 0 Å². The quantitative estimate of drug-likeness (QED) is 0.694. The molecule has 0 radical (unpaired) electrons. The summed E-state index contributed by atoms with van der Waals surface area (Å²) in [5, 5.41) is 3.50. The summed E-state index contributed by atoms with van der Waals surface area (Å²) in [7, 11) is 0. The molecule has 1 amide bonds. The topological polar surface area (TPSA) is 38.3 Å². The molecule has 3 nitrogen and oxygen atoms in total. The van der Waals surface area contributed by atoms with Gasteiger partial charge >= 0.3 is 0 Å². The van der Waals surface area contributed by atoms with Crippen molar-refractivity contribution in [2.45, 2.75) is 30.4 Å². The number of ether oxygens (including phenoxy) is 1. The van der Waals surface area contributed by atoms with Crippen LogP contribution in [0.3, 0.4) is 0 Å². The highest BCUT2D eigenvalue weighted by atomic mass is 35.5. The number of benzene rings is 2. The Balaban J connectivity index is 1.97. The first-order chi connectivity index (χ1) is 11.1. The van der Waals surface area contributed by atoms with E-state index in [1.54, 1.807) is 11.8 Å². The van der Waals surface area contributed by atoms with E-state index in [1.807, 2.05) is 62.4 Å². The number of anilines is 1. The first kappa shape index (κ1) is 17.7. The fraction of sp³-hybridized carbons (Fsp3) is 0.278. The lowest BCUT2D eigenvalue weighted by atomic mass is 10.2. The summed E-state index contributed by atoms with van der Waals surface area (Å²) in [6, 6.07) is 14.9. The van der Waals surface area contributed by atoms with Gasteiger partial charge in [-0.25, -0.2) is 0 Å². The van der Waals surface area contributed by atoms with E-state index in [0.717, 1.165) is 22.8 Å². The van der Waals surface area contributed by atoms with E-state index in [0.29, 0.717) is 11.6 Å². The Hall–Kier alpha value is -1.65. The third-order valence-electron chi connectivity index (χ3n) is 3.19. The number of rotatable bonds is 7. The maximum absolute atomic E-state index is 12.4. The average Bonchev–Trinajstić information content (AvgIpc) is 2.56. The number of thioether (sulfide) groups is 1. The third kappa shape index (κ3) is 5.48. The molecule has 2 aromatic carbocycles. The molecule has 1 atom stereocenters. The molecule has 0 saturated heterocycles. The summed E-state index contributed by atoms with van der Waals surface area (Å²) < 4.78 is 5.40. The van der Waals surface area contributed by atoms with Gasteiger partial charge in [0.25, 0.3) is 0 Å². The summed E-state index contributed by atoms with van der Waals surface area (Å²) in [6.45, 7) is 4.57. The normalized spacial score (nSPS) is 11.8. The Morgan fingerprint density at radius 3 is 2.35 bits per heavy atom. The van der Waals surface area contributed by atoms with Gasteiger partial charge in [-0.3, -0.25) is 4.79 Å². The van der Waals surface area contributed by atoms with Crippen molar-refractivity contribution in [3.8, 4) is 5.75 Å². The second kappa shape index (κ2) is 8.85. The van der Waals surface area contributed by atoms with Gasteiger partial charge in [-0.15, -0.1) is 11.8 Å². The van der Waals surface area contributed by atoms with Crippen molar-refractivity contribution >= 4 is 35.0 Å². The summed E-state index contributed by atoms with van der Waals surface area (Å²) in [4.78, 5) is 13.5. The second-order valence-corrected chi connectivity index (χ2v) is 6.63. The van der Waals surface area contributed by atoms with Gasteiger partial charge in [-0.05, 0) is 61.9 Å². The summed E-state index contributed by atoms with van der Waals surface area (Å²) in [6.07, 6.45) is 0.746. The zero-order valence-electron chi connectivity index (χ0n) is 13.2. The number of hydrogen-bond donors (Lipinski definition) is 1. The molecule has 122 valence electrons. The van der Waals surface area contributed by atoms with Gasteiger partial charge in [-0.1, -0.05) is 18.5 Å². The van der Waals surface area contributed by atoms with Gasteiger partial charge in [0, 0.05) is 15.6 Å². The van der Waals surface area contributed by atoms with Crippen molar-refractivity contribution in [1.29, 1.82) is 0 Å². The highest BCUT2D eigenvalue weighted by Gasteiger charge is 2.18. The molecule has 0 aromatic heterocycles. The van der Waals surface area contributed by atoms with E-state index >= 15 is 0 Å². The molecule has 5 heteroatoms. The van der Waals surface area contributed by atoms with Crippen LogP contribution in [0, 0.1) is 0 Å². The molecule has 0 fully saturated rings. The van der Waals surface area contributed by atoms with E-state index in [2.05, 4.69) is 5.32 Å². The highest BCUT2D eigenvalue weighted by Crippen LogP contribution is 2.27. The lowest BCUT2D eigenvalue weighted by Gasteiger charge is -2.15. The second-order valence-electron chi connectivity index (χ2n) is 4.92. The molecule has 2 rings (SSSR count). The van der Waals surface area contributed by atoms with Gasteiger partial charge in [0.2, 0.25) is 5.91 Å². The maximum atomic E-state index is 12.4. The Kier molecular flexibility index (Phi) is 6.81. The Morgan fingerprint density at radius 2 is 1.78 bits per heavy atom. The van der Waals surface area contributed by atoms with Crippen LogP contribution in [-0.2, 0) is 4.79 Å². The zero-order chi connectivity index (χ0) is 16.7. The minimum absolute atomic E-state index is 0.00314. The summed E-state index contributed by atoms with van der Waals surface area (Å²) in [5.41, 5.74) is 0.772. The van der Waals surface area contributed by atoms with Gasteiger partial charge in [-0.2, -0.15) is 0 Å². The molecule has 23 heavy (non-hydrogen) atoms. The van der Waals surface area contributed by atoms with Gasteiger partial charge < -0.3 is 10.1 Å². The number of hydrogen-bond acceptors (Lipinski definition) is 3. The first-order valence-corrected chi connectivity index (χ1v) is 8.84. The molecule has 0 heterocycles. The molecule has 0 aliphatic heterocycles. The van der Waals surface area contributed by atoms with Crippen LogP contribution in [0.5, 0.6) is 5.75 Å². The van der Waals surface area contributed by atoms with Crippen molar-refractivity contribution in [1.82, 2.24) is 0 Å². The van der Waals surface area contributed by atoms with Crippen molar-refractivity contribution in [2.24, 2.45) is 0 Å². The van der Waals surface area contributed by atoms with E-state index in [9.17, 15) is 4.79 Å². The molecule has 0 saturated carbocycles. The van der Waals surface area contributed by atoms with Crippen LogP contribution >= 0.6 is 23.4 Å². The van der Waals surface area contributed by atoms with E-state index in [1.165, 1.54) is 0 Å². The number of amides is 1. The van der Waals surface area contributed by atoms with Gasteiger partial charge in [0.1, 0.15) is 5.75 Å². The molecule has 0 aliphatic rings. The standard InChI is InChI=1S/C18H20ClNO2S/c1-3-17(23-16-11-5-13(19)6-12-16)18(21)20-14-7-9-15(10-8-14)22-4-2/h5-12,17H,3-4H2,1-2H3,(H,20,21)/t17-/m1/s1. The van der Waals surface area contributed by atoms with Crippen molar-refractivity contribution in [3.63, 3.8) is 0 Å². The highest BCUT2D eigenvalue weighted by molar-refractivity contribution is 8.00. The molecule has 0 aliphatic carbocycles. The van der Waals surface area contributed by atoms with Crippen LogP contribution in [-0.4, -0.2) is 17.8 Å². The monoisotopic (exact) mass is 349 g/mol. The molecular formula is C18H20ClNO2S. The van der Waals surface area contributed by atoms with Crippen LogP contribution in [0.25, 0.3) is 0 Å². The third-order valence-corrected chi connectivity index (χ3v) is 4.82. The molecule has 0 bridgehead atoms. The fourth-order valence-electron chi connectivity index (χ4n) is 2.02. The Morgan fingerprint density at radius 1 is 1.13 bits per heavy atom. The predicted octanol–water partition coefficient (Wildman–Crippen LogP) is 5.25. The van der Waals surface area contributed by atoms with Crippen LogP contribution < -0.4 is 10.1 Å². The largest absolute Gasteiger partial charge is 0.494 e. The molecule has 2 aromatic rings. The van der Waals surface area contributed by atoms with E-state index in [-0.39, 0.29) is 11.2 Å². The Bertz CT molecular complexity index is 628. The number of carbonyl (C=O) groups excluding carboxylic acids is 1. The molecule has 0 unspecified atom stereocenters. The number of nitrogens with one attached hydrogen (secondary N) is 1. The van der Waals surface area contributed by atoms with Crippen LogP contribution in [0.1, 0.15) is 20.3 Å². The predicted molar refractivity (Wildman–Crippen MR) is 97.6 cm³/mol. The zero-order valence-corrected chi connectivity index (χ0v) is 14.8. The lowest BCUT2D eigenvalue weighted by molar-refractivity contribution is -0.115. The summed E-state index contributed by atoms with van der Waals surface area (Å²) in [5.74, 6) is 0.796. The van der Waals surface area contributed by atoms with E-state index in [4.69, 9.17) is 16.3 Å². The fourth-order valence-corrected chi connectivity index (χ4v) is 3.10. The molecular weight excluding hydrogens is 330 g/mol. The van der Waals surface area contributed by atoms with Crippen LogP contribution in [0.4, 0.5) is 5.69 Å². The SMILES string of the molecule is CCOc1ccc(NC(=O)[C@@H](CC)Sc2ccc(Cl)cc2)cc1. The number of carbonyl (C=O) groups is 1. The first-order valence-electron chi connectivity index (χ1n) is 7.58. The van der Waals surface area contributed by atoms with Crippen molar-refractivity contribution in [3.05, 3.63) is 53.6 Å². The number of halogens is 1. The van der Waals surface area contributed by atoms with Crippen molar-refractivity contribution in [2.75, 3.05) is 11.9 Å². The lowest BCUT2D eigenvalue weighted by Crippen LogP contribution is -2.24. The minimum atomic E-state index is -0.150. The smallest absolute Gasteiger partial charge is 0.237 e. The van der Waals surface area contributed by atoms with Gasteiger partial charge in [0.15, 0.2) is 0 Å². The van der Waals surface area contributed by atoms with Gasteiger partial charge in [0.05, 0.1) is 11.9 Å². The minimum Gasteiger partial charge on any atom is -0.494 e. The average molecular weight is 350 g/mol. The van der Waals surface area contributed by atoms with Crippen LogP contribution in [0.2, 0.25) is 5.02 Å². The Labute approximate surface area is 146 Å². The van der Waals surface area contributed by atoms with Crippen molar-refractivity contribution < 1.29 is 9.53 Å².